The lowest BCUT2D eigenvalue weighted by molar-refractivity contribution is -0.141. The topological polar surface area (TPSA) is 58.6 Å². The zero-order valence-electron chi connectivity index (χ0n) is 18.2. The summed E-state index contributed by atoms with van der Waals surface area (Å²) in [6.45, 7) is 3.64. The number of hydrogen-bond acceptors (Lipinski definition) is 3. The molecular formula is C25H32N2O3. The van der Waals surface area contributed by atoms with Gasteiger partial charge in [0.05, 0.1) is 18.4 Å². The average molecular weight is 409 g/mol. The third-order valence-corrected chi connectivity index (χ3v) is 5.98. The molecule has 160 valence electrons. The van der Waals surface area contributed by atoms with Gasteiger partial charge in [-0.3, -0.25) is 9.59 Å². The van der Waals surface area contributed by atoms with Crippen LogP contribution in [0.4, 0.5) is 0 Å². The minimum Gasteiger partial charge on any atom is -0.384 e. The Morgan fingerprint density at radius 2 is 1.87 bits per heavy atom. The largest absolute Gasteiger partial charge is 0.384 e. The van der Waals surface area contributed by atoms with Crippen molar-refractivity contribution in [2.45, 2.75) is 32.6 Å². The molecule has 0 saturated carbocycles. The van der Waals surface area contributed by atoms with Gasteiger partial charge in [-0.15, -0.1) is 0 Å². The molecule has 0 spiro atoms. The first-order valence-corrected chi connectivity index (χ1v) is 10.6. The second-order valence-corrected chi connectivity index (χ2v) is 8.27. The van der Waals surface area contributed by atoms with E-state index in [9.17, 15) is 9.59 Å². The molecule has 1 heterocycles. The molecule has 2 aromatic carbocycles. The molecule has 5 heteroatoms. The van der Waals surface area contributed by atoms with Crippen LogP contribution in [0.3, 0.4) is 0 Å². The van der Waals surface area contributed by atoms with Crippen molar-refractivity contribution >= 4 is 11.8 Å². The minimum atomic E-state index is -0.610. The minimum absolute atomic E-state index is 0.00713. The molecule has 1 N–H and O–H groups in total. The van der Waals surface area contributed by atoms with E-state index in [1.807, 2.05) is 4.90 Å². The maximum atomic E-state index is 13.0. The summed E-state index contributed by atoms with van der Waals surface area (Å²) in [5, 5.41) is 2.85. The molecule has 3 rings (SSSR count). The average Bonchev–Trinajstić information content (AvgIpc) is 2.77. The zero-order valence-corrected chi connectivity index (χ0v) is 18.2. The summed E-state index contributed by atoms with van der Waals surface area (Å²) in [6, 6.07) is 16.8. The van der Waals surface area contributed by atoms with Crippen molar-refractivity contribution in [3.05, 3.63) is 59.7 Å². The van der Waals surface area contributed by atoms with Gasteiger partial charge in [0.2, 0.25) is 11.8 Å². The van der Waals surface area contributed by atoms with Crippen LogP contribution in [0.2, 0.25) is 0 Å². The van der Waals surface area contributed by atoms with Gasteiger partial charge in [-0.2, -0.15) is 0 Å². The van der Waals surface area contributed by atoms with Crippen LogP contribution in [-0.4, -0.2) is 50.6 Å². The molecule has 1 atom stereocenters. The van der Waals surface area contributed by atoms with Gasteiger partial charge < -0.3 is 15.0 Å². The standard InChI is InChI=1S/C25H32N2O3/c1-19-7-4-9-21(15-19)22-10-5-8-20(16-22)17-25(24(29)26-2)12-6-13-27(18-25)23(28)11-14-30-3/h4-5,7-10,15-16H,6,11-14,17-18H2,1-3H3,(H,26,29)/t25-/m0/s1. The highest BCUT2D eigenvalue weighted by molar-refractivity contribution is 5.85. The Bertz CT molecular complexity index is 895. The molecule has 2 aromatic rings. The van der Waals surface area contributed by atoms with Gasteiger partial charge in [0.15, 0.2) is 0 Å². The van der Waals surface area contributed by atoms with Crippen molar-refractivity contribution < 1.29 is 14.3 Å². The summed E-state index contributed by atoms with van der Waals surface area (Å²) in [7, 11) is 3.28. The van der Waals surface area contributed by atoms with Crippen LogP contribution in [0.25, 0.3) is 11.1 Å². The summed E-state index contributed by atoms with van der Waals surface area (Å²) in [4.78, 5) is 27.4. The highest BCUT2D eigenvalue weighted by Gasteiger charge is 2.42. The van der Waals surface area contributed by atoms with Gasteiger partial charge in [0.25, 0.3) is 0 Å². The fourth-order valence-corrected chi connectivity index (χ4v) is 4.44. The highest BCUT2D eigenvalue weighted by Crippen LogP contribution is 2.35. The van der Waals surface area contributed by atoms with E-state index in [1.165, 1.54) is 11.1 Å². The van der Waals surface area contributed by atoms with E-state index in [1.54, 1.807) is 14.2 Å². The van der Waals surface area contributed by atoms with Gasteiger partial charge in [-0.25, -0.2) is 0 Å². The van der Waals surface area contributed by atoms with Crippen LogP contribution in [0.1, 0.15) is 30.4 Å². The van der Waals surface area contributed by atoms with Crippen LogP contribution < -0.4 is 5.32 Å². The zero-order chi connectivity index (χ0) is 21.6. The van der Waals surface area contributed by atoms with E-state index < -0.39 is 5.41 Å². The summed E-state index contributed by atoms with van der Waals surface area (Å²) < 4.78 is 5.06. The number of carbonyl (C=O) groups excluding carboxylic acids is 2. The predicted molar refractivity (Wildman–Crippen MR) is 119 cm³/mol. The van der Waals surface area contributed by atoms with Crippen LogP contribution in [0.5, 0.6) is 0 Å². The van der Waals surface area contributed by atoms with Crippen molar-refractivity contribution in [1.82, 2.24) is 10.2 Å². The van der Waals surface area contributed by atoms with Gasteiger partial charge >= 0.3 is 0 Å². The number of piperidine rings is 1. The summed E-state index contributed by atoms with van der Waals surface area (Å²) in [5.74, 6) is 0.0611. The molecule has 0 radical (unpaired) electrons. The molecule has 1 aliphatic rings. The van der Waals surface area contributed by atoms with E-state index in [4.69, 9.17) is 4.74 Å². The summed E-state index contributed by atoms with van der Waals surface area (Å²) in [6.07, 6.45) is 2.56. The molecular weight excluding hydrogens is 376 g/mol. The normalized spacial score (nSPS) is 18.8. The van der Waals surface area contributed by atoms with Crippen molar-refractivity contribution in [3.8, 4) is 11.1 Å². The van der Waals surface area contributed by atoms with E-state index in [0.717, 1.165) is 24.0 Å². The second-order valence-electron chi connectivity index (χ2n) is 8.27. The molecule has 1 saturated heterocycles. The highest BCUT2D eigenvalue weighted by atomic mass is 16.5. The van der Waals surface area contributed by atoms with E-state index in [2.05, 4.69) is 60.8 Å². The quantitative estimate of drug-likeness (QED) is 0.762. The first-order valence-electron chi connectivity index (χ1n) is 10.6. The predicted octanol–water partition coefficient (Wildman–Crippen LogP) is 3.60. The van der Waals surface area contributed by atoms with Gasteiger partial charge in [0.1, 0.15) is 0 Å². The fraction of sp³-hybridized carbons (Fsp3) is 0.440. The van der Waals surface area contributed by atoms with E-state index in [0.29, 0.717) is 32.5 Å². The lowest BCUT2D eigenvalue weighted by Gasteiger charge is -2.41. The number of methoxy groups -OCH3 is 1. The lowest BCUT2D eigenvalue weighted by atomic mass is 9.74. The molecule has 0 aliphatic carbocycles. The van der Waals surface area contributed by atoms with Crippen molar-refractivity contribution in [1.29, 1.82) is 0 Å². The fourth-order valence-electron chi connectivity index (χ4n) is 4.44. The number of aryl methyl sites for hydroxylation is 1. The molecule has 5 nitrogen and oxygen atoms in total. The monoisotopic (exact) mass is 408 g/mol. The van der Waals surface area contributed by atoms with Crippen molar-refractivity contribution in [3.63, 3.8) is 0 Å². The number of nitrogens with one attached hydrogen (secondary N) is 1. The van der Waals surface area contributed by atoms with Crippen molar-refractivity contribution in [2.75, 3.05) is 33.9 Å². The van der Waals surface area contributed by atoms with Crippen LogP contribution >= 0.6 is 0 Å². The molecule has 2 amide bonds. The Kier molecular flexibility index (Phi) is 7.27. The summed E-state index contributed by atoms with van der Waals surface area (Å²) >= 11 is 0. The molecule has 0 unspecified atom stereocenters. The molecule has 0 bridgehead atoms. The van der Waals surface area contributed by atoms with Crippen LogP contribution in [0.15, 0.2) is 48.5 Å². The van der Waals surface area contributed by atoms with Gasteiger partial charge in [-0.05, 0) is 42.9 Å². The first kappa shape index (κ1) is 22.0. The molecule has 1 fully saturated rings. The second kappa shape index (κ2) is 9.90. The Balaban J connectivity index is 1.86. The third kappa shape index (κ3) is 5.08. The maximum Gasteiger partial charge on any atom is 0.228 e. The Morgan fingerprint density at radius 1 is 1.13 bits per heavy atom. The van der Waals surface area contributed by atoms with E-state index in [-0.39, 0.29) is 11.8 Å². The number of rotatable bonds is 7. The Labute approximate surface area is 179 Å². The number of nitrogens with zero attached hydrogens (tertiary/aromatic N) is 1. The van der Waals surface area contributed by atoms with Crippen LogP contribution in [0, 0.1) is 12.3 Å². The number of hydrogen-bond donors (Lipinski definition) is 1. The van der Waals surface area contributed by atoms with E-state index >= 15 is 0 Å². The Morgan fingerprint density at radius 3 is 2.57 bits per heavy atom. The number of benzene rings is 2. The number of amides is 2. The van der Waals surface area contributed by atoms with Gasteiger partial charge in [0, 0.05) is 27.2 Å². The third-order valence-electron chi connectivity index (χ3n) is 5.98. The SMILES string of the molecule is CNC(=O)[C@]1(Cc2cccc(-c3cccc(C)c3)c2)CCCN(C(=O)CCOC)C1. The number of carbonyl (C=O) groups is 2. The molecule has 0 aromatic heterocycles. The smallest absolute Gasteiger partial charge is 0.228 e. The van der Waals surface area contributed by atoms with Crippen LogP contribution in [-0.2, 0) is 20.7 Å². The summed E-state index contributed by atoms with van der Waals surface area (Å²) in [5.41, 5.74) is 4.04. The number of likely N-dealkylation sites (tertiary alicyclic amines) is 1. The lowest BCUT2D eigenvalue weighted by Crippen LogP contribution is -2.54. The first-order chi connectivity index (χ1) is 14.5. The molecule has 1 aliphatic heterocycles. The van der Waals surface area contributed by atoms with Gasteiger partial charge in [-0.1, -0.05) is 54.1 Å². The Hall–Kier alpha value is -2.66. The van der Waals surface area contributed by atoms with Crippen molar-refractivity contribution in [2.24, 2.45) is 5.41 Å². The molecule has 30 heavy (non-hydrogen) atoms. The maximum absolute atomic E-state index is 13.0. The number of ether oxygens (including phenoxy) is 1.